The standard InChI is InChI=1S/C20H22ClFN6O/c1-11(2)28-19(7-12(3)27-28)26-18-9-17(15(21)10-24-18)25-16-8-13(22)5-6-14(16)20(29)23-4/h5-11H,1-4H3,(H,23,29)(H2,24,25,26). The van der Waals surface area contributed by atoms with Crippen LogP contribution in [0.3, 0.4) is 0 Å². The molecular formula is C20H22ClFN6O. The molecular weight excluding hydrogens is 395 g/mol. The van der Waals surface area contributed by atoms with Gasteiger partial charge in [-0.05, 0) is 39.0 Å². The molecule has 1 amide bonds. The van der Waals surface area contributed by atoms with Gasteiger partial charge in [-0.25, -0.2) is 14.1 Å². The average molecular weight is 417 g/mol. The minimum atomic E-state index is -0.472. The van der Waals surface area contributed by atoms with Gasteiger partial charge in [0.15, 0.2) is 0 Å². The van der Waals surface area contributed by atoms with E-state index in [1.54, 1.807) is 6.07 Å². The summed E-state index contributed by atoms with van der Waals surface area (Å²) in [5, 5.41) is 13.6. The number of hydrogen-bond donors (Lipinski definition) is 3. The molecule has 0 unspecified atom stereocenters. The van der Waals surface area contributed by atoms with Crippen LogP contribution in [0.5, 0.6) is 0 Å². The van der Waals surface area contributed by atoms with E-state index in [0.29, 0.717) is 27.8 Å². The zero-order valence-electron chi connectivity index (χ0n) is 16.5. The molecule has 0 radical (unpaired) electrons. The molecule has 3 rings (SSSR count). The van der Waals surface area contributed by atoms with E-state index >= 15 is 0 Å². The molecule has 7 nitrogen and oxygen atoms in total. The number of benzene rings is 1. The molecule has 0 atom stereocenters. The van der Waals surface area contributed by atoms with E-state index in [1.807, 2.05) is 31.5 Å². The second-order valence-corrected chi connectivity index (χ2v) is 7.18. The molecule has 0 bridgehead atoms. The van der Waals surface area contributed by atoms with Gasteiger partial charge in [-0.3, -0.25) is 4.79 Å². The summed E-state index contributed by atoms with van der Waals surface area (Å²) < 4.78 is 15.6. The first-order valence-electron chi connectivity index (χ1n) is 9.06. The van der Waals surface area contributed by atoms with Crippen LogP contribution in [0.4, 0.5) is 27.4 Å². The second-order valence-electron chi connectivity index (χ2n) is 6.78. The van der Waals surface area contributed by atoms with Crippen molar-refractivity contribution in [1.29, 1.82) is 0 Å². The van der Waals surface area contributed by atoms with Crippen LogP contribution in [-0.4, -0.2) is 27.7 Å². The Hall–Kier alpha value is -3.13. The maximum atomic E-state index is 13.8. The summed E-state index contributed by atoms with van der Waals surface area (Å²) >= 11 is 6.28. The zero-order chi connectivity index (χ0) is 21.1. The lowest BCUT2D eigenvalue weighted by Gasteiger charge is -2.15. The molecule has 152 valence electrons. The smallest absolute Gasteiger partial charge is 0.253 e. The van der Waals surface area contributed by atoms with Crippen molar-refractivity contribution in [2.75, 3.05) is 17.7 Å². The lowest BCUT2D eigenvalue weighted by molar-refractivity contribution is 0.0964. The Morgan fingerprint density at radius 2 is 1.93 bits per heavy atom. The van der Waals surface area contributed by atoms with Crippen LogP contribution in [0.1, 0.15) is 35.9 Å². The summed E-state index contributed by atoms with van der Waals surface area (Å²) in [5.41, 5.74) is 1.95. The third-order valence-electron chi connectivity index (χ3n) is 4.18. The molecule has 2 heterocycles. The van der Waals surface area contributed by atoms with Gasteiger partial charge >= 0.3 is 0 Å². The van der Waals surface area contributed by atoms with Gasteiger partial charge in [0.2, 0.25) is 0 Å². The quantitative estimate of drug-likeness (QED) is 0.537. The molecule has 0 saturated carbocycles. The van der Waals surface area contributed by atoms with Crippen LogP contribution in [0.25, 0.3) is 0 Å². The number of halogens is 2. The number of aryl methyl sites for hydroxylation is 1. The summed E-state index contributed by atoms with van der Waals surface area (Å²) in [6.07, 6.45) is 1.48. The van der Waals surface area contributed by atoms with Crippen LogP contribution in [0.2, 0.25) is 5.02 Å². The highest BCUT2D eigenvalue weighted by Crippen LogP contribution is 2.30. The van der Waals surface area contributed by atoms with Gasteiger partial charge in [-0.15, -0.1) is 0 Å². The van der Waals surface area contributed by atoms with Crippen molar-refractivity contribution >= 4 is 40.5 Å². The summed E-state index contributed by atoms with van der Waals surface area (Å²) in [6, 6.07) is 7.65. The largest absolute Gasteiger partial charge is 0.355 e. The van der Waals surface area contributed by atoms with Gasteiger partial charge in [-0.2, -0.15) is 5.10 Å². The first-order valence-corrected chi connectivity index (χ1v) is 9.43. The van der Waals surface area contributed by atoms with E-state index < -0.39 is 5.82 Å². The number of carbonyl (C=O) groups excluding carboxylic acids is 1. The van der Waals surface area contributed by atoms with Crippen molar-refractivity contribution in [1.82, 2.24) is 20.1 Å². The maximum absolute atomic E-state index is 13.8. The van der Waals surface area contributed by atoms with Gasteiger partial charge in [-0.1, -0.05) is 11.6 Å². The molecule has 0 spiro atoms. The molecule has 0 fully saturated rings. The van der Waals surface area contributed by atoms with Crippen molar-refractivity contribution in [2.45, 2.75) is 26.8 Å². The highest BCUT2D eigenvalue weighted by Gasteiger charge is 2.14. The van der Waals surface area contributed by atoms with E-state index in [9.17, 15) is 9.18 Å². The van der Waals surface area contributed by atoms with Crippen LogP contribution in [0, 0.1) is 12.7 Å². The first kappa shape index (κ1) is 20.6. The van der Waals surface area contributed by atoms with Crippen LogP contribution < -0.4 is 16.0 Å². The van der Waals surface area contributed by atoms with Gasteiger partial charge in [0.25, 0.3) is 5.91 Å². The number of pyridine rings is 1. The molecule has 0 aliphatic rings. The Kier molecular flexibility index (Phi) is 6.03. The van der Waals surface area contributed by atoms with Gasteiger partial charge < -0.3 is 16.0 Å². The minimum absolute atomic E-state index is 0.165. The number of hydrogen-bond acceptors (Lipinski definition) is 5. The predicted molar refractivity (Wildman–Crippen MR) is 113 cm³/mol. The predicted octanol–water partition coefficient (Wildman–Crippen LogP) is 4.81. The van der Waals surface area contributed by atoms with Crippen LogP contribution >= 0.6 is 11.6 Å². The van der Waals surface area contributed by atoms with E-state index in [-0.39, 0.29) is 11.9 Å². The lowest BCUT2D eigenvalue weighted by atomic mass is 10.1. The first-order chi connectivity index (χ1) is 13.8. The Balaban J connectivity index is 1.93. The van der Waals surface area contributed by atoms with Crippen LogP contribution in [0.15, 0.2) is 36.5 Å². The summed E-state index contributed by atoms with van der Waals surface area (Å²) in [4.78, 5) is 16.4. The number of rotatable bonds is 6. The Morgan fingerprint density at radius 3 is 2.62 bits per heavy atom. The highest BCUT2D eigenvalue weighted by atomic mass is 35.5. The number of nitrogens with one attached hydrogen (secondary N) is 3. The normalized spacial score (nSPS) is 10.9. The molecule has 29 heavy (non-hydrogen) atoms. The molecule has 2 aromatic heterocycles. The minimum Gasteiger partial charge on any atom is -0.355 e. The monoisotopic (exact) mass is 416 g/mol. The topological polar surface area (TPSA) is 83.9 Å². The van der Waals surface area contributed by atoms with Crippen molar-refractivity contribution in [3.8, 4) is 0 Å². The van der Waals surface area contributed by atoms with Crippen molar-refractivity contribution in [3.05, 3.63) is 58.6 Å². The molecule has 0 saturated heterocycles. The summed E-state index contributed by atoms with van der Waals surface area (Å²) in [6.45, 7) is 5.98. The third-order valence-corrected chi connectivity index (χ3v) is 4.48. The van der Waals surface area contributed by atoms with Crippen molar-refractivity contribution in [3.63, 3.8) is 0 Å². The van der Waals surface area contributed by atoms with Gasteiger partial charge in [0, 0.05) is 25.2 Å². The summed E-state index contributed by atoms with van der Waals surface area (Å²) in [7, 11) is 1.51. The van der Waals surface area contributed by atoms with E-state index in [0.717, 1.165) is 11.5 Å². The van der Waals surface area contributed by atoms with E-state index in [1.165, 1.54) is 31.4 Å². The maximum Gasteiger partial charge on any atom is 0.253 e. The highest BCUT2D eigenvalue weighted by molar-refractivity contribution is 6.33. The van der Waals surface area contributed by atoms with Crippen molar-refractivity contribution < 1.29 is 9.18 Å². The molecule has 9 heteroatoms. The second kappa shape index (κ2) is 8.48. The van der Waals surface area contributed by atoms with Gasteiger partial charge in [0.05, 0.1) is 33.9 Å². The fraction of sp³-hybridized carbons (Fsp3) is 0.250. The summed E-state index contributed by atoms with van der Waals surface area (Å²) in [5.74, 6) is 0.499. The number of aromatic nitrogens is 3. The van der Waals surface area contributed by atoms with E-state index in [4.69, 9.17) is 11.6 Å². The Morgan fingerprint density at radius 1 is 1.17 bits per heavy atom. The molecule has 1 aromatic carbocycles. The van der Waals surface area contributed by atoms with E-state index in [2.05, 4.69) is 26.0 Å². The molecule has 0 aliphatic carbocycles. The molecule has 0 aliphatic heterocycles. The van der Waals surface area contributed by atoms with Gasteiger partial charge in [0.1, 0.15) is 17.5 Å². The Labute approximate surface area is 173 Å². The average Bonchev–Trinajstić information content (AvgIpc) is 3.04. The number of carbonyl (C=O) groups is 1. The molecule has 3 aromatic rings. The van der Waals surface area contributed by atoms with Crippen molar-refractivity contribution in [2.24, 2.45) is 0 Å². The fourth-order valence-electron chi connectivity index (χ4n) is 2.84. The number of anilines is 4. The SMILES string of the molecule is CNC(=O)c1ccc(F)cc1Nc1cc(Nc2cc(C)nn2C(C)C)ncc1Cl. The zero-order valence-corrected chi connectivity index (χ0v) is 17.3. The number of amides is 1. The lowest BCUT2D eigenvalue weighted by Crippen LogP contribution is -2.19. The molecule has 3 N–H and O–H groups in total. The fourth-order valence-corrected chi connectivity index (χ4v) is 2.99. The Bertz CT molecular complexity index is 1050. The number of nitrogens with zero attached hydrogens (tertiary/aromatic N) is 3. The third kappa shape index (κ3) is 4.65. The van der Waals surface area contributed by atoms with Crippen LogP contribution in [-0.2, 0) is 0 Å².